The lowest BCUT2D eigenvalue weighted by Crippen LogP contribution is -2.36. The van der Waals surface area contributed by atoms with E-state index >= 15 is 0 Å². The highest BCUT2D eigenvalue weighted by Gasteiger charge is 2.14. The first-order chi connectivity index (χ1) is 7.69. The summed E-state index contributed by atoms with van der Waals surface area (Å²) in [6.45, 7) is 16.0. The minimum Gasteiger partial charge on any atom is -0.313 e. The van der Waals surface area contributed by atoms with Crippen molar-refractivity contribution in [1.82, 2.24) is 10.2 Å². The molecule has 16 heavy (non-hydrogen) atoms. The summed E-state index contributed by atoms with van der Waals surface area (Å²) in [6, 6.07) is 0.673. The average molecular weight is 246 g/mol. The fourth-order valence-corrected chi connectivity index (χ4v) is 3.18. The maximum absolute atomic E-state index is 3.56. The second-order valence-corrected chi connectivity index (χ2v) is 5.66. The maximum atomic E-state index is 3.56. The fourth-order valence-electron chi connectivity index (χ4n) is 1.93. The molecule has 3 heteroatoms. The Morgan fingerprint density at radius 1 is 1.12 bits per heavy atom. The van der Waals surface area contributed by atoms with Gasteiger partial charge in [0.1, 0.15) is 0 Å². The van der Waals surface area contributed by atoms with Crippen molar-refractivity contribution in [3.63, 3.8) is 0 Å². The first-order valence-corrected chi connectivity index (χ1v) is 7.81. The summed E-state index contributed by atoms with van der Waals surface area (Å²) in [6.07, 6.45) is 1.23. The summed E-state index contributed by atoms with van der Waals surface area (Å²) >= 11 is 2.10. The molecule has 0 fully saturated rings. The van der Waals surface area contributed by atoms with Crippen LogP contribution in [0.25, 0.3) is 0 Å². The van der Waals surface area contributed by atoms with E-state index in [1.165, 1.54) is 31.8 Å². The highest BCUT2D eigenvalue weighted by atomic mass is 32.2. The van der Waals surface area contributed by atoms with Crippen molar-refractivity contribution in [2.75, 3.05) is 31.9 Å². The Hall–Kier alpha value is 0.270. The van der Waals surface area contributed by atoms with Crippen LogP contribution in [0.2, 0.25) is 0 Å². The Morgan fingerprint density at radius 3 is 2.19 bits per heavy atom. The number of rotatable bonds is 10. The van der Waals surface area contributed by atoms with E-state index in [4.69, 9.17) is 0 Å². The molecule has 2 nitrogen and oxygen atoms in total. The fraction of sp³-hybridized carbons (Fsp3) is 1.00. The van der Waals surface area contributed by atoms with E-state index in [1.54, 1.807) is 0 Å². The Bertz CT molecular complexity index is 149. The van der Waals surface area contributed by atoms with Crippen molar-refractivity contribution >= 4 is 11.8 Å². The first kappa shape index (κ1) is 16.3. The summed E-state index contributed by atoms with van der Waals surface area (Å²) in [4.78, 5) is 2.49. The van der Waals surface area contributed by atoms with Gasteiger partial charge in [-0.15, -0.1) is 0 Å². The number of hydrogen-bond donors (Lipinski definition) is 1. The summed E-state index contributed by atoms with van der Waals surface area (Å²) in [5.74, 6) is 1.25. The molecule has 0 aromatic rings. The lowest BCUT2D eigenvalue weighted by molar-refractivity contribution is 0.323. The van der Waals surface area contributed by atoms with E-state index in [1.807, 2.05) is 0 Å². The molecule has 0 aromatic heterocycles. The molecule has 0 aromatic carbocycles. The van der Waals surface area contributed by atoms with Crippen molar-refractivity contribution in [2.45, 2.75) is 52.3 Å². The van der Waals surface area contributed by atoms with Gasteiger partial charge in [-0.05, 0) is 26.1 Å². The van der Waals surface area contributed by atoms with Crippen LogP contribution >= 0.6 is 11.8 Å². The molecule has 0 aliphatic heterocycles. The summed E-state index contributed by atoms with van der Waals surface area (Å²) < 4.78 is 0. The van der Waals surface area contributed by atoms with Gasteiger partial charge in [0, 0.05) is 23.6 Å². The van der Waals surface area contributed by atoms with Gasteiger partial charge in [-0.1, -0.05) is 34.6 Å². The van der Waals surface area contributed by atoms with Gasteiger partial charge < -0.3 is 10.2 Å². The largest absolute Gasteiger partial charge is 0.313 e. The van der Waals surface area contributed by atoms with Crippen LogP contribution in [-0.2, 0) is 0 Å². The Labute approximate surface area is 107 Å². The van der Waals surface area contributed by atoms with Crippen LogP contribution in [-0.4, -0.2) is 48.1 Å². The van der Waals surface area contributed by atoms with Gasteiger partial charge in [0.15, 0.2) is 0 Å². The second kappa shape index (κ2) is 10.4. The molecular weight excluding hydrogens is 216 g/mol. The summed E-state index contributed by atoms with van der Waals surface area (Å²) in [5, 5.41) is 4.29. The lowest BCUT2D eigenvalue weighted by atomic mass is 10.2. The standard InChI is InChI=1S/C13H30N2S/c1-6-13(14-7-2)12(5)16-11-10-15(8-3)9-4/h12-14H,6-11H2,1-5H3. The number of nitrogens with zero attached hydrogens (tertiary/aromatic N) is 1. The van der Waals surface area contributed by atoms with E-state index in [0.717, 1.165) is 11.8 Å². The van der Waals surface area contributed by atoms with Gasteiger partial charge >= 0.3 is 0 Å². The Kier molecular flexibility index (Phi) is 10.6. The van der Waals surface area contributed by atoms with Crippen LogP contribution < -0.4 is 5.32 Å². The molecule has 0 saturated heterocycles. The summed E-state index contributed by atoms with van der Waals surface area (Å²) in [5.41, 5.74) is 0. The third-order valence-electron chi connectivity index (χ3n) is 3.16. The molecule has 0 saturated carbocycles. The Morgan fingerprint density at radius 2 is 1.75 bits per heavy atom. The Balaban J connectivity index is 3.73. The molecule has 2 unspecified atom stereocenters. The zero-order valence-electron chi connectivity index (χ0n) is 11.8. The van der Waals surface area contributed by atoms with Gasteiger partial charge in [-0.3, -0.25) is 0 Å². The number of thioether (sulfide) groups is 1. The van der Waals surface area contributed by atoms with Crippen molar-refractivity contribution in [2.24, 2.45) is 0 Å². The van der Waals surface area contributed by atoms with E-state index < -0.39 is 0 Å². The van der Waals surface area contributed by atoms with E-state index in [9.17, 15) is 0 Å². The van der Waals surface area contributed by atoms with E-state index in [2.05, 4.69) is 56.6 Å². The zero-order valence-corrected chi connectivity index (χ0v) is 12.6. The normalized spacial score (nSPS) is 15.4. The van der Waals surface area contributed by atoms with Gasteiger partial charge in [-0.25, -0.2) is 0 Å². The molecular formula is C13H30N2S. The maximum Gasteiger partial charge on any atom is 0.0181 e. The third kappa shape index (κ3) is 6.77. The minimum absolute atomic E-state index is 0.673. The van der Waals surface area contributed by atoms with Crippen LogP contribution in [0.4, 0.5) is 0 Å². The highest BCUT2D eigenvalue weighted by Crippen LogP contribution is 2.16. The van der Waals surface area contributed by atoms with Crippen molar-refractivity contribution < 1.29 is 0 Å². The molecule has 1 N–H and O–H groups in total. The van der Waals surface area contributed by atoms with Gasteiger partial charge in [0.2, 0.25) is 0 Å². The monoisotopic (exact) mass is 246 g/mol. The van der Waals surface area contributed by atoms with Crippen LogP contribution in [0.1, 0.15) is 41.0 Å². The SMILES string of the molecule is CCNC(CC)C(C)SCCN(CC)CC. The van der Waals surface area contributed by atoms with Crippen LogP contribution in [0.15, 0.2) is 0 Å². The smallest absolute Gasteiger partial charge is 0.0181 e. The first-order valence-electron chi connectivity index (χ1n) is 6.76. The second-order valence-electron chi connectivity index (χ2n) is 4.18. The molecule has 0 bridgehead atoms. The molecule has 98 valence electrons. The van der Waals surface area contributed by atoms with Crippen LogP contribution in [0, 0.1) is 0 Å². The van der Waals surface area contributed by atoms with Gasteiger partial charge in [0.05, 0.1) is 0 Å². The van der Waals surface area contributed by atoms with Crippen molar-refractivity contribution in [3.05, 3.63) is 0 Å². The van der Waals surface area contributed by atoms with Gasteiger partial charge in [0.25, 0.3) is 0 Å². The lowest BCUT2D eigenvalue weighted by Gasteiger charge is -2.24. The third-order valence-corrected chi connectivity index (χ3v) is 4.43. The molecule has 2 atom stereocenters. The molecule has 0 amide bonds. The molecule has 0 heterocycles. The molecule has 0 spiro atoms. The quantitative estimate of drug-likeness (QED) is 0.638. The van der Waals surface area contributed by atoms with Crippen molar-refractivity contribution in [3.8, 4) is 0 Å². The number of hydrogen-bond acceptors (Lipinski definition) is 3. The molecule has 0 aliphatic carbocycles. The highest BCUT2D eigenvalue weighted by molar-refractivity contribution is 7.99. The molecule has 0 radical (unpaired) electrons. The minimum atomic E-state index is 0.673. The predicted molar refractivity (Wildman–Crippen MR) is 77.5 cm³/mol. The summed E-state index contributed by atoms with van der Waals surface area (Å²) in [7, 11) is 0. The van der Waals surface area contributed by atoms with Crippen LogP contribution in [0.5, 0.6) is 0 Å². The van der Waals surface area contributed by atoms with Crippen molar-refractivity contribution in [1.29, 1.82) is 0 Å². The molecule has 0 rings (SSSR count). The van der Waals surface area contributed by atoms with Gasteiger partial charge in [-0.2, -0.15) is 11.8 Å². The average Bonchev–Trinajstić information content (AvgIpc) is 2.31. The number of nitrogens with one attached hydrogen (secondary N) is 1. The van der Waals surface area contributed by atoms with E-state index in [-0.39, 0.29) is 0 Å². The van der Waals surface area contributed by atoms with E-state index in [0.29, 0.717) is 6.04 Å². The molecule has 0 aliphatic rings. The zero-order chi connectivity index (χ0) is 12.4. The topological polar surface area (TPSA) is 15.3 Å². The predicted octanol–water partition coefficient (Wildman–Crippen LogP) is 2.84. The van der Waals surface area contributed by atoms with Crippen LogP contribution in [0.3, 0.4) is 0 Å².